The minimum absolute atomic E-state index is 0.00561. The number of rotatable bonds is 4. The molecular formula is C15H15F2NO. The van der Waals surface area contributed by atoms with Gasteiger partial charge in [-0.1, -0.05) is 19.1 Å². The Morgan fingerprint density at radius 1 is 1.11 bits per heavy atom. The van der Waals surface area contributed by atoms with Gasteiger partial charge in [0.1, 0.15) is 11.6 Å². The van der Waals surface area contributed by atoms with Crippen LogP contribution in [-0.4, -0.2) is 0 Å². The van der Waals surface area contributed by atoms with Crippen molar-refractivity contribution in [3.8, 4) is 11.5 Å². The predicted octanol–water partition coefficient (Wildman–Crippen LogP) is 4.17. The van der Waals surface area contributed by atoms with Gasteiger partial charge in [0.15, 0.2) is 11.6 Å². The first-order valence-corrected chi connectivity index (χ1v) is 6.08. The molecule has 0 heterocycles. The summed E-state index contributed by atoms with van der Waals surface area (Å²) >= 11 is 0. The largest absolute Gasteiger partial charge is 0.454 e. The predicted molar refractivity (Wildman–Crippen MR) is 70.1 cm³/mol. The first-order chi connectivity index (χ1) is 9.10. The van der Waals surface area contributed by atoms with Crippen LogP contribution in [0, 0.1) is 11.6 Å². The summed E-state index contributed by atoms with van der Waals surface area (Å²) in [5.74, 6) is -0.880. The van der Waals surface area contributed by atoms with Crippen molar-refractivity contribution in [1.29, 1.82) is 0 Å². The molecule has 2 aromatic rings. The molecule has 19 heavy (non-hydrogen) atoms. The van der Waals surface area contributed by atoms with E-state index in [1.807, 2.05) is 19.1 Å². The van der Waals surface area contributed by atoms with E-state index in [1.165, 1.54) is 6.07 Å². The van der Waals surface area contributed by atoms with E-state index in [9.17, 15) is 8.78 Å². The molecule has 0 aromatic heterocycles. The van der Waals surface area contributed by atoms with Crippen LogP contribution in [0.5, 0.6) is 11.5 Å². The van der Waals surface area contributed by atoms with E-state index in [-0.39, 0.29) is 11.8 Å². The van der Waals surface area contributed by atoms with Crippen LogP contribution in [-0.2, 0) is 0 Å². The SMILES string of the molecule is CC[C@H](N)c1ccc(Oc2ccc(F)cc2F)cc1. The molecule has 0 saturated heterocycles. The van der Waals surface area contributed by atoms with Crippen LogP contribution in [0.1, 0.15) is 24.9 Å². The quantitative estimate of drug-likeness (QED) is 0.898. The van der Waals surface area contributed by atoms with E-state index in [1.54, 1.807) is 12.1 Å². The maximum Gasteiger partial charge on any atom is 0.168 e. The Morgan fingerprint density at radius 3 is 2.37 bits per heavy atom. The molecule has 2 aromatic carbocycles. The highest BCUT2D eigenvalue weighted by Crippen LogP contribution is 2.26. The zero-order valence-corrected chi connectivity index (χ0v) is 10.6. The van der Waals surface area contributed by atoms with E-state index in [0.717, 1.165) is 24.1 Å². The summed E-state index contributed by atoms with van der Waals surface area (Å²) in [6, 6.07) is 10.3. The van der Waals surface area contributed by atoms with E-state index in [2.05, 4.69) is 0 Å². The highest BCUT2D eigenvalue weighted by Gasteiger charge is 2.07. The molecule has 0 radical (unpaired) electrons. The number of hydrogen-bond acceptors (Lipinski definition) is 2. The molecule has 0 aliphatic heterocycles. The van der Waals surface area contributed by atoms with Crippen molar-refractivity contribution >= 4 is 0 Å². The van der Waals surface area contributed by atoms with Gasteiger partial charge in [-0.05, 0) is 36.2 Å². The molecule has 2 rings (SSSR count). The third kappa shape index (κ3) is 3.29. The van der Waals surface area contributed by atoms with Crippen molar-refractivity contribution in [2.45, 2.75) is 19.4 Å². The number of ether oxygens (including phenoxy) is 1. The lowest BCUT2D eigenvalue weighted by Crippen LogP contribution is -2.08. The van der Waals surface area contributed by atoms with Crippen LogP contribution in [0.15, 0.2) is 42.5 Å². The zero-order valence-electron chi connectivity index (χ0n) is 10.6. The lowest BCUT2D eigenvalue weighted by Gasteiger charge is -2.11. The minimum atomic E-state index is -0.727. The van der Waals surface area contributed by atoms with Gasteiger partial charge in [0, 0.05) is 12.1 Å². The number of benzene rings is 2. The van der Waals surface area contributed by atoms with Crippen LogP contribution in [0.3, 0.4) is 0 Å². The van der Waals surface area contributed by atoms with Gasteiger partial charge in [0.05, 0.1) is 0 Å². The van der Waals surface area contributed by atoms with Crippen molar-refractivity contribution in [2.24, 2.45) is 5.73 Å². The van der Waals surface area contributed by atoms with Gasteiger partial charge in [0.2, 0.25) is 0 Å². The van der Waals surface area contributed by atoms with Crippen molar-refractivity contribution in [3.05, 3.63) is 59.7 Å². The van der Waals surface area contributed by atoms with Gasteiger partial charge in [0.25, 0.3) is 0 Å². The third-order valence-corrected chi connectivity index (χ3v) is 2.87. The lowest BCUT2D eigenvalue weighted by molar-refractivity contribution is 0.437. The van der Waals surface area contributed by atoms with E-state index in [4.69, 9.17) is 10.5 Å². The smallest absolute Gasteiger partial charge is 0.168 e. The summed E-state index contributed by atoms with van der Waals surface area (Å²) < 4.78 is 31.5. The van der Waals surface area contributed by atoms with Gasteiger partial charge < -0.3 is 10.5 Å². The Hall–Kier alpha value is -1.94. The average Bonchev–Trinajstić information content (AvgIpc) is 2.42. The van der Waals surface area contributed by atoms with Gasteiger partial charge >= 0.3 is 0 Å². The van der Waals surface area contributed by atoms with Crippen LogP contribution in [0.2, 0.25) is 0 Å². The van der Waals surface area contributed by atoms with Crippen molar-refractivity contribution in [2.75, 3.05) is 0 Å². The zero-order chi connectivity index (χ0) is 13.8. The molecule has 0 fully saturated rings. The maximum absolute atomic E-state index is 13.4. The van der Waals surface area contributed by atoms with E-state index in [0.29, 0.717) is 5.75 Å². The molecule has 100 valence electrons. The Balaban J connectivity index is 2.15. The molecule has 0 aliphatic rings. The van der Waals surface area contributed by atoms with Crippen LogP contribution in [0.25, 0.3) is 0 Å². The fourth-order valence-corrected chi connectivity index (χ4v) is 1.70. The summed E-state index contributed by atoms with van der Waals surface area (Å²) in [6.07, 6.45) is 0.840. The van der Waals surface area contributed by atoms with Crippen LogP contribution in [0.4, 0.5) is 8.78 Å². The Bertz CT molecular complexity index is 555. The molecular weight excluding hydrogens is 248 g/mol. The summed E-state index contributed by atoms with van der Waals surface area (Å²) in [5, 5.41) is 0. The molecule has 0 aliphatic carbocycles. The van der Waals surface area contributed by atoms with Crippen molar-refractivity contribution < 1.29 is 13.5 Å². The summed E-state index contributed by atoms with van der Waals surface area (Å²) in [4.78, 5) is 0. The molecule has 1 atom stereocenters. The first-order valence-electron chi connectivity index (χ1n) is 6.08. The van der Waals surface area contributed by atoms with Crippen LogP contribution < -0.4 is 10.5 Å². The monoisotopic (exact) mass is 263 g/mol. The fourth-order valence-electron chi connectivity index (χ4n) is 1.70. The Morgan fingerprint density at radius 2 is 1.79 bits per heavy atom. The molecule has 2 nitrogen and oxygen atoms in total. The second-order valence-corrected chi connectivity index (χ2v) is 4.26. The lowest BCUT2D eigenvalue weighted by atomic mass is 10.1. The third-order valence-electron chi connectivity index (χ3n) is 2.87. The fraction of sp³-hybridized carbons (Fsp3) is 0.200. The van der Waals surface area contributed by atoms with E-state index < -0.39 is 11.6 Å². The normalized spacial score (nSPS) is 12.2. The highest BCUT2D eigenvalue weighted by atomic mass is 19.1. The molecule has 0 bridgehead atoms. The van der Waals surface area contributed by atoms with Crippen LogP contribution >= 0.6 is 0 Å². The first kappa shape index (κ1) is 13.5. The molecule has 2 N–H and O–H groups in total. The molecule has 0 amide bonds. The standard InChI is InChI=1S/C15H15F2NO/c1-2-14(18)10-3-6-12(7-4-10)19-15-8-5-11(16)9-13(15)17/h3-9,14H,2,18H2,1H3/t14-/m0/s1. The Labute approximate surface area is 110 Å². The summed E-state index contributed by atoms with van der Waals surface area (Å²) in [7, 11) is 0. The topological polar surface area (TPSA) is 35.2 Å². The molecule has 4 heteroatoms. The van der Waals surface area contributed by atoms with Gasteiger partial charge in [-0.25, -0.2) is 8.78 Å². The van der Waals surface area contributed by atoms with Gasteiger partial charge in [-0.15, -0.1) is 0 Å². The summed E-state index contributed by atoms with van der Waals surface area (Å²) in [6.45, 7) is 2.00. The number of nitrogens with two attached hydrogens (primary N) is 1. The van der Waals surface area contributed by atoms with E-state index >= 15 is 0 Å². The number of halogens is 2. The molecule has 0 unspecified atom stereocenters. The highest BCUT2D eigenvalue weighted by molar-refractivity contribution is 5.34. The summed E-state index contributed by atoms with van der Waals surface area (Å²) in [5.41, 5.74) is 6.89. The second kappa shape index (κ2) is 5.80. The Kier molecular flexibility index (Phi) is 4.12. The minimum Gasteiger partial charge on any atom is -0.454 e. The van der Waals surface area contributed by atoms with Gasteiger partial charge in [-0.2, -0.15) is 0 Å². The molecule has 0 spiro atoms. The van der Waals surface area contributed by atoms with Crippen molar-refractivity contribution in [3.63, 3.8) is 0 Å². The maximum atomic E-state index is 13.4. The average molecular weight is 263 g/mol. The van der Waals surface area contributed by atoms with Crippen molar-refractivity contribution in [1.82, 2.24) is 0 Å². The second-order valence-electron chi connectivity index (χ2n) is 4.26. The molecule has 0 saturated carbocycles. The number of hydrogen-bond donors (Lipinski definition) is 1. The van der Waals surface area contributed by atoms with Gasteiger partial charge in [-0.3, -0.25) is 0 Å².